The second kappa shape index (κ2) is 22.0. The van der Waals surface area contributed by atoms with E-state index in [0.29, 0.717) is 6.42 Å². The standard InChI is InChI=1S/C25H44NO10P/c1-3-5-6-7-8-9-10-11-12-13-14-15-16-17-24(29)34-18-21(27)19-35-37(32,33)36-20-22(25(30)31)26-23(28)4-2/h6-7,9-10,21-22,27H,3-5,8,11-20H2,1-2H3,(H,26,28)(H,30,31)(H,32,33)/b7-6-,10-9-. The zero-order valence-electron chi connectivity index (χ0n) is 22.0. The van der Waals surface area contributed by atoms with Crippen molar-refractivity contribution < 1.29 is 47.8 Å². The van der Waals surface area contributed by atoms with Crippen molar-refractivity contribution in [2.75, 3.05) is 19.8 Å². The second-order valence-electron chi connectivity index (χ2n) is 8.48. The molecule has 3 atom stereocenters. The Morgan fingerprint density at radius 1 is 0.892 bits per heavy atom. The summed E-state index contributed by atoms with van der Waals surface area (Å²) in [7, 11) is -4.71. The summed E-state index contributed by atoms with van der Waals surface area (Å²) < 4.78 is 26.0. The number of nitrogens with one attached hydrogen (secondary N) is 1. The maximum Gasteiger partial charge on any atom is 0.472 e. The number of phosphoric ester groups is 1. The lowest BCUT2D eigenvalue weighted by atomic mass is 10.1. The van der Waals surface area contributed by atoms with E-state index >= 15 is 0 Å². The van der Waals surface area contributed by atoms with Crippen molar-refractivity contribution in [3.63, 3.8) is 0 Å². The van der Waals surface area contributed by atoms with Gasteiger partial charge in [-0.25, -0.2) is 9.36 Å². The molecule has 0 aromatic carbocycles. The molecular formula is C25H44NO10P. The summed E-state index contributed by atoms with van der Waals surface area (Å²) in [5, 5.41) is 21.0. The average Bonchev–Trinajstić information content (AvgIpc) is 2.86. The summed E-state index contributed by atoms with van der Waals surface area (Å²) in [6.07, 6.45) is 16.7. The second-order valence-corrected chi connectivity index (χ2v) is 9.94. The number of hydrogen-bond donors (Lipinski definition) is 4. The van der Waals surface area contributed by atoms with Crippen molar-refractivity contribution in [3.8, 4) is 0 Å². The molecule has 0 fully saturated rings. The molecule has 0 saturated heterocycles. The van der Waals surface area contributed by atoms with Crippen molar-refractivity contribution in [1.82, 2.24) is 5.32 Å². The zero-order valence-corrected chi connectivity index (χ0v) is 22.9. The largest absolute Gasteiger partial charge is 0.480 e. The molecule has 0 bridgehead atoms. The van der Waals surface area contributed by atoms with E-state index in [-0.39, 0.29) is 12.8 Å². The fourth-order valence-corrected chi connectivity index (χ4v) is 3.67. The third-order valence-electron chi connectivity index (χ3n) is 5.04. The van der Waals surface area contributed by atoms with Crippen molar-refractivity contribution in [2.24, 2.45) is 0 Å². The molecule has 0 saturated carbocycles. The number of aliphatic hydroxyl groups excluding tert-OH is 1. The summed E-state index contributed by atoms with van der Waals surface area (Å²) in [5.41, 5.74) is 0. The molecule has 1 amide bonds. The van der Waals surface area contributed by atoms with Crippen LogP contribution in [0.15, 0.2) is 24.3 Å². The molecule has 12 heteroatoms. The van der Waals surface area contributed by atoms with E-state index < -0.39 is 57.6 Å². The Morgan fingerprint density at radius 3 is 2.16 bits per heavy atom. The summed E-state index contributed by atoms with van der Waals surface area (Å²) in [4.78, 5) is 43.8. The summed E-state index contributed by atoms with van der Waals surface area (Å²) in [5.74, 6) is -2.51. The third kappa shape index (κ3) is 21.7. The van der Waals surface area contributed by atoms with E-state index in [9.17, 15) is 28.9 Å². The number of unbranched alkanes of at least 4 members (excludes halogenated alkanes) is 6. The Kier molecular flexibility index (Phi) is 20.8. The van der Waals surface area contributed by atoms with Crippen LogP contribution in [0.25, 0.3) is 0 Å². The van der Waals surface area contributed by atoms with Gasteiger partial charge >= 0.3 is 19.8 Å². The van der Waals surface area contributed by atoms with Gasteiger partial charge in [0.2, 0.25) is 5.91 Å². The first-order chi connectivity index (χ1) is 17.6. The highest BCUT2D eigenvalue weighted by Gasteiger charge is 2.28. The first-order valence-corrected chi connectivity index (χ1v) is 14.4. The van der Waals surface area contributed by atoms with Gasteiger partial charge in [-0.3, -0.25) is 18.6 Å². The first kappa shape index (κ1) is 35.0. The Morgan fingerprint density at radius 2 is 1.51 bits per heavy atom. The molecule has 0 aliphatic heterocycles. The smallest absolute Gasteiger partial charge is 0.472 e. The number of carboxylic acids is 1. The molecule has 4 N–H and O–H groups in total. The van der Waals surface area contributed by atoms with Crippen LogP contribution in [0.3, 0.4) is 0 Å². The van der Waals surface area contributed by atoms with E-state index in [0.717, 1.165) is 44.9 Å². The number of aliphatic carboxylic acids is 1. The number of carboxylic acid groups (broad SMARTS) is 1. The molecule has 0 spiro atoms. The Balaban J connectivity index is 3.90. The zero-order chi connectivity index (χ0) is 27.9. The van der Waals surface area contributed by atoms with Gasteiger partial charge < -0.3 is 25.2 Å². The van der Waals surface area contributed by atoms with Crippen molar-refractivity contribution in [2.45, 2.75) is 96.6 Å². The molecular weight excluding hydrogens is 505 g/mol. The van der Waals surface area contributed by atoms with E-state index in [4.69, 9.17) is 9.84 Å². The lowest BCUT2D eigenvalue weighted by Gasteiger charge is -2.18. The SMILES string of the molecule is CCC/C=C\C/C=C\CCCCCCCC(=O)OCC(O)COP(=O)(O)OCC(NC(=O)CC)C(=O)O. The van der Waals surface area contributed by atoms with Crippen LogP contribution < -0.4 is 5.32 Å². The van der Waals surface area contributed by atoms with Gasteiger partial charge in [0.15, 0.2) is 6.04 Å². The highest BCUT2D eigenvalue weighted by atomic mass is 31.2. The number of esters is 1. The fourth-order valence-electron chi connectivity index (χ4n) is 2.90. The molecule has 0 heterocycles. The molecule has 0 rings (SSSR count). The van der Waals surface area contributed by atoms with E-state index in [1.54, 1.807) is 0 Å². The van der Waals surface area contributed by atoms with Crippen LogP contribution in [-0.4, -0.2) is 64.9 Å². The highest BCUT2D eigenvalue weighted by molar-refractivity contribution is 7.47. The number of allylic oxidation sites excluding steroid dienone is 4. The minimum atomic E-state index is -4.71. The molecule has 0 aromatic heterocycles. The van der Waals surface area contributed by atoms with Gasteiger partial charge in [0, 0.05) is 12.8 Å². The molecule has 0 aliphatic rings. The number of aliphatic hydroxyl groups is 1. The van der Waals surface area contributed by atoms with Crippen molar-refractivity contribution in [3.05, 3.63) is 24.3 Å². The number of carbonyl (C=O) groups excluding carboxylic acids is 2. The van der Waals surface area contributed by atoms with Crippen molar-refractivity contribution >= 4 is 25.7 Å². The summed E-state index contributed by atoms with van der Waals surface area (Å²) in [6.45, 7) is 1.75. The lowest BCUT2D eigenvalue weighted by Crippen LogP contribution is -2.43. The topological polar surface area (TPSA) is 169 Å². The minimum absolute atomic E-state index is 0.0253. The Labute approximate surface area is 219 Å². The van der Waals surface area contributed by atoms with Gasteiger partial charge in [-0.1, -0.05) is 63.8 Å². The highest BCUT2D eigenvalue weighted by Crippen LogP contribution is 2.43. The summed E-state index contributed by atoms with van der Waals surface area (Å²) >= 11 is 0. The fraction of sp³-hybridized carbons (Fsp3) is 0.720. The molecule has 0 aromatic rings. The Bertz CT molecular complexity index is 756. The van der Waals surface area contributed by atoms with Crippen LogP contribution in [0.2, 0.25) is 0 Å². The van der Waals surface area contributed by atoms with E-state index in [2.05, 4.69) is 45.6 Å². The van der Waals surface area contributed by atoms with Crippen LogP contribution in [0.1, 0.15) is 84.5 Å². The first-order valence-electron chi connectivity index (χ1n) is 12.9. The van der Waals surface area contributed by atoms with Gasteiger partial charge in [0.1, 0.15) is 12.7 Å². The van der Waals surface area contributed by atoms with E-state index in [1.165, 1.54) is 13.3 Å². The van der Waals surface area contributed by atoms with Crippen LogP contribution in [-0.2, 0) is 32.7 Å². The van der Waals surface area contributed by atoms with Crippen LogP contribution >= 0.6 is 7.82 Å². The molecule has 0 aliphatic carbocycles. The number of carbonyl (C=O) groups is 3. The number of phosphoric acid groups is 1. The van der Waals surface area contributed by atoms with Crippen LogP contribution in [0.4, 0.5) is 0 Å². The summed E-state index contributed by atoms with van der Waals surface area (Å²) in [6, 6.07) is -1.54. The molecule has 0 radical (unpaired) electrons. The maximum absolute atomic E-state index is 11.9. The minimum Gasteiger partial charge on any atom is -0.480 e. The van der Waals surface area contributed by atoms with Gasteiger partial charge in [0.05, 0.1) is 13.2 Å². The quantitative estimate of drug-likeness (QED) is 0.0632. The number of amides is 1. The van der Waals surface area contributed by atoms with E-state index in [1.807, 2.05) is 0 Å². The monoisotopic (exact) mass is 549 g/mol. The average molecular weight is 550 g/mol. The van der Waals surface area contributed by atoms with Gasteiger partial charge in [-0.05, 0) is 32.1 Å². The van der Waals surface area contributed by atoms with Crippen LogP contribution in [0.5, 0.6) is 0 Å². The lowest BCUT2D eigenvalue weighted by molar-refractivity contribution is -0.147. The predicted molar refractivity (Wildman–Crippen MR) is 139 cm³/mol. The maximum atomic E-state index is 11.9. The van der Waals surface area contributed by atoms with Crippen molar-refractivity contribution in [1.29, 1.82) is 0 Å². The molecule has 3 unspecified atom stereocenters. The molecule has 214 valence electrons. The van der Waals surface area contributed by atoms with Crippen LogP contribution in [0, 0.1) is 0 Å². The number of rotatable bonds is 23. The van der Waals surface area contributed by atoms with Gasteiger partial charge in [-0.15, -0.1) is 0 Å². The number of ether oxygens (including phenoxy) is 1. The van der Waals surface area contributed by atoms with Gasteiger partial charge in [-0.2, -0.15) is 0 Å². The number of hydrogen-bond acceptors (Lipinski definition) is 8. The Hall–Kier alpha value is -2.04. The van der Waals surface area contributed by atoms with Gasteiger partial charge in [0.25, 0.3) is 0 Å². The normalized spacial score (nSPS) is 14.9. The molecule has 11 nitrogen and oxygen atoms in total. The predicted octanol–water partition coefficient (Wildman–Crippen LogP) is 4.04. The molecule has 37 heavy (non-hydrogen) atoms. The third-order valence-corrected chi connectivity index (χ3v) is 5.99.